The second kappa shape index (κ2) is 4.45. The minimum Gasteiger partial charge on any atom is -0.383 e. The Labute approximate surface area is 73.7 Å². The van der Waals surface area contributed by atoms with Gasteiger partial charge in [0.1, 0.15) is 0 Å². The number of amides is 1. The van der Waals surface area contributed by atoms with E-state index in [1.807, 2.05) is 4.90 Å². The van der Waals surface area contributed by atoms with Crippen molar-refractivity contribution in [2.45, 2.75) is 32.2 Å². The minimum absolute atomic E-state index is 0.178. The highest BCUT2D eigenvalue weighted by molar-refractivity contribution is 5.73. The Kier molecular flexibility index (Phi) is 3.53. The van der Waals surface area contributed by atoms with Gasteiger partial charge in [-0.3, -0.25) is 4.79 Å². The van der Waals surface area contributed by atoms with Gasteiger partial charge in [-0.2, -0.15) is 0 Å². The van der Waals surface area contributed by atoms with Crippen molar-refractivity contribution in [2.75, 3.05) is 20.3 Å². The molecule has 0 aliphatic carbocycles. The summed E-state index contributed by atoms with van der Waals surface area (Å²) in [5.41, 5.74) is 0. The van der Waals surface area contributed by atoms with Gasteiger partial charge in [0, 0.05) is 20.6 Å². The van der Waals surface area contributed by atoms with Crippen LogP contribution in [0.15, 0.2) is 0 Å². The molecule has 0 spiro atoms. The highest BCUT2D eigenvalue weighted by Crippen LogP contribution is 2.16. The van der Waals surface area contributed by atoms with Crippen LogP contribution < -0.4 is 0 Å². The molecule has 0 bridgehead atoms. The lowest BCUT2D eigenvalue weighted by molar-refractivity contribution is -0.133. The summed E-state index contributed by atoms with van der Waals surface area (Å²) >= 11 is 0. The standard InChI is InChI=1S/C9H17NO2/c1-8(11)10-6-4-3-5-9(10)7-12-2/h9H,3-7H2,1-2H3. The molecule has 1 saturated heterocycles. The number of carbonyl (C=O) groups is 1. The molecule has 1 fully saturated rings. The summed E-state index contributed by atoms with van der Waals surface area (Å²) in [6.07, 6.45) is 3.45. The number of ether oxygens (including phenoxy) is 1. The van der Waals surface area contributed by atoms with Gasteiger partial charge in [-0.25, -0.2) is 0 Å². The lowest BCUT2D eigenvalue weighted by atomic mass is 10.0. The zero-order valence-electron chi connectivity index (χ0n) is 7.88. The quantitative estimate of drug-likeness (QED) is 0.621. The zero-order chi connectivity index (χ0) is 8.97. The van der Waals surface area contributed by atoms with Crippen LogP contribution in [-0.4, -0.2) is 37.1 Å². The van der Waals surface area contributed by atoms with Gasteiger partial charge in [-0.15, -0.1) is 0 Å². The van der Waals surface area contributed by atoms with Crippen LogP contribution in [-0.2, 0) is 9.53 Å². The summed E-state index contributed by atoms with van der Waals surface area (Å²) in [5, 5.41) is 0. The molecular formula is C9H17NO2. The first-order valence-electron chi connectivity index (χ1n) is 4.52. The summed E-state index contributed by atoms with van der Waals surface area (Å²) in [4.78, 5) is 13.1. The first kappa shape index (κ1) is 9.52. The lowest BCUT2D eigenvalue weighted by Crippen LogP contribution is -2.44. The molecule has 12 heavy (non-hydrogen) atoms. The van der Waals surface area contributed by atoms with Crippen molar-refractivity contribution in [3.8, 4) is 0 Å². The van der Waals surface area contributed by atoms with E-state index in [2.05, 4.69) is 0 Å². The van der Waals surface area contributed by atoms with Gasteiger partial charge >= 0.3 is 0 Å². The maximum absolute atomic E-state index is 11.2. The second-order valence-corrected chi connectivity index (χ2v) is 3.32. The maximum Gasteiger partial charge on any atom is 0.219 e. The zero-order valence-corrected chi connectivity index (χ0v) is 7.88. The summed E-state index contributed by atoms with van der Waals surface area (Å²) in [5.74, 6) is 0.178. The first-order valence-corrected chi connectivity index (χ1v) is 4.52. The smallest absolute Gasteiger partial charge is 0.219 e. The number of hydrogen-bond donors (Lipinski definition) is 0. The van der Waals surface area contributed by atoms with Gasteiger partial charge in [0.2, 0.25) is 5.91 Å². The fourth-order valence-electron chi connectivity index (χ4n) is 1.78. The molecule has 1 aliphatic heterocycles. The van der Waals surface area contributed by atoms with Crippen LogP contribution in [0.25, 0.3) is 0 Å². The molecule has 1 rings (SSSR count). The summed E-state index contributed by atoms with van der Waals surface area (Å²) in [6.45, 7) is 3.22. The number of methoxy groups -OCH3 is 1. The van der Waals surface area contributed by atoms with Crippen molar-refractivity contribution >= 4 is 5.91 Å². The molecule has 1 unspecified atom stereocenters. The molecule has 0 N–H and O–H groups in total. The molecule has 1 atom stereocenters. The van der Waals surface area contributed by atoms with E-state index in [0.29, 0.717) is 12.6 Å². The number of piperidine rings is 1. The van der Waals surface area contributed by atoms with Crippen molar-refractivity contribution in [1.29, 1.82) is 0 Å². The molecule has 3 heteroatoms. The summed E-state index contributed by atoms with van der Waals surface area (Å²) in [6, 6.07) is 0.321. The van der Waals surface area contributed by atoms with Crippen LogP contribution in [0, 0.1) is 0 Å². The fraction of sp³-hybridized carbons (Fsp3) is 0.889. The number of hydrogen-bond acceptors (Lipinski definition) is 2. The molecule has 1 heterocycles. The van der Waals surface area contributed by atoms with Gasteiger partial charge in [0.15, 0.2) is 0 Å². The van der Waals surface area contributed by atoms with Crippen LogP contribution in [0.5, 0.6) is 0 Å². The molecule has 3 nitrogen and oxygen atoms in total. The molecule has 0 radical (unpaired) electrons. The molecule has 0 aromatic heterocycles. The number of rotatable bonds is 2. The molecule has 0 saturated carbocycles. The monoisotopic (exact) mass is 171 g/mol. The summed E-state index contributed by atoms with van der Waals surface area (Å²) in [7, 11) is 1.69. The SMILES string of the molecule is COCC1CCCCN1C(C)=O. The van der Waals surface area contributed by atoms with Gasteiger partial charge in [0.05, 0.1) is 12.6 Å². The number of carbonyl (C=O) groups excluding carboxylic acids is 1. The van der Waals surface area contributed by atoms with E-state index < -0.39 is 0 Å². The molecular weight excluding hydrogens is 154 g/mol. The Balaban J connectivity index is 2.48. The number of nitrogens with zero attached hydrogens (tertiary/aromatic N) is 1. The molecule has 1 amide bonds. The van der Waals surface area contributed by atoms with E-state index in [-0.39, 0.29) is 5.91 Å². The topological polar surface area (TPSA) is 29.5 Å². The van der Waals surface area contributed by atoms with Crippen LogP contribution in [0.4, 0.5) is 0 Å². The van der Waals surface area contributed by atoms with Crippen LogP contribution >= 0.6 is 0 Å². The van der Waals surface area contributed by atoms with E-state index in [9.17, 15) is 4.79 Å². The average molecular weight is 171 g/mol. The normalized spacial score (nSPS) is 24.2. The van der Waals surface area contributed by atoms with Gasteiger partial charge in [-0.05, 0) is 19.3 Å². The Morgan fingerprint density at radius 1 is 1.58 bits per heavy atom. The van der Waals surface area contributed by atoms with Gasteiger partial charge < -0.3 is 9.64 Å². The van der Waals surface area contributed by atoms with E-state index >= 15 is 0 Å². The van der Waals surface area contributed by atoms with E-state index in [1.165, 1.54) is 6.42 Å². The molecule has 0 aromatic carbocycles. The Bertz CT molecular complexity index is 157. The molecule has 70 valence electrons. The third kappa shape index (κ3) is 2.21. The van der Waals surface area contributed by atoms with Crippen molar-refractivity contribution < 1.29 is 9.53 Å². The molecule has 0 aromatic rings. The van der Waals surface area contributed by atoms with Crippen molar-refractivity contribution in [1.82, 2.24) is 4.90 Å². The predicted molar refractivity (Wildman–Crippen MR) is 46.9 cm³/mol. The minimum atomic E-state index is 0.178. The predicted octanol–water partition coefficient (Wildman–Crippen LogP) is 1.03. The Hall–Kier alpha value is -0.570. The van der Waals surface area contributed by atoms with Crippen molar-refractivity contribution in [3.05, 3.63) is 0 Å². The third-order valence-corrected chi connectivity index (χ3v) is 2.39. The van der Waals surface area contributed by atoms with Gasteiger partial charge in [-0.1, -0.05) is 0 Å². The largest absolute Gasteiger partial charge is 0.383 e. The van der Waals surface area contributed by atoms with Gasteiger partial charge in [0.25, 0.3) is 0 Å². The first-order chi connectivity index (χ1) is 5.75. The average Bonchev–Trinajstić information content (AvgIpc) is 2.05. The number of likely N-dealkylation sites (tertiary alicyclic amines) is 1. The van der Waals surface area contributed by atoms with E-state index in [4.69, 9.17) is 4.74 Å². The van der Waals surface area contributed by atoms with E-state index in [1.54, 1.807) is 14.0 Å². The summed E-state index contributed by atoms with van der Waals surface area (Å²) < 4.78 is 5.07. The van der Waals surface area contributed by atoms with Crippen LogP contribution in [0.2, 0.25) is 0 Å². The van der Waals surface area contributed by atoms with Crippen LogP contribution in [0.1, 0.15) is 26.2 Å². The highest BCUT2D eigenvalue weighted by atomic mass is 16.5. The van der Waals surface area contributed by atoms with E-state index in [0.717, 1.165) is 19.4 Å². The maximum atomic E-state index is 11.2. The highest BCUT2D eigenvalue weighted by Gasteiger charge is 2.23. The second-order valence-electron chi connectivity index (χ2n) is 3.32. The fourth-order valence-corrected chi connectivity index (χ4v) is 1.78. The Morgan fingerprint density at radius 2 is 2.33 bits per heavy atom. The van der Waals surface area contributed by atoms with Crippen LogP contribution in [0.3, 0.4) is 0 Å². The molecule has 1 aliphatic rings. The van der Waals surface area contributed by atoms with Crippen molar-refractivity contribution in [2.24, 2.45) is 0 Å². The lowest BCUT2D eigenvalue weighted by Gasteiger charge is -2.34. The third-order valence-electron chi connectivity index (χ3n) is 2.39. The van der Waals surface area contributed by atoms with Crippen molar-refractivity contribution in [3.63, 3.8) is 0 Å². The Morgan fingerprint density at radius 3 is 2.92 bits per heavy atom.